The van der Waals surface area contributed by atoms with Crippen molar-refractivity contribution in [1.82, 2.24) is 15.3 Å². The summed E-state index contributed by atoms with van der Waals surface area (Å²) in [5, 5.41) is 3.17. The second kappa shape index (κ2) is 5.08. The fourth-order valence-electron chi connectivity index (χ4n) is 3.66. The Kier molecular flexibility index (Phi) is 3.85. The van der Waals surface area contributed by atoms with E-state index in [1.54, 1.807) is 12.4 Å². The SMILES string of the molecule is CC(C)c1ncc(C(=O)NC2C(C)(C)C(C)C2(C)C)cn1. The molecule has 4 heteroatoms. The normalized spacial score (nSPS) is 26.3. The smallest absolute Gasteiger partial charge is 0.254 e. The molecule has 0 saturated heterocycles. The van der Waals surface area contributed by atoms with Gasteiger partial charge in [-0.3, -0.25) is 4.79 Å². The van der Waals surface area contributed by atoms with Gasteiger partial charge in [0.05, 0.1) is 5.56 Å². The van der Waals surface area contributed by atoms with Crippen LogP contribution in [-0.2, 0) is 0 Å². The third-order valence-corrected chi connectivity index (χ3v) is 5.45. The van der Waals surface area contributed by atoms with E-state index in [0.29, 0.717) is 11.5 Å². The average Bonchev–Trinajstić information content (AvgIpc) is 2.43. The Morgan fingerprint density at radius 1 is 1.14 bits per heavy atom. The summed E-state index contributed by atoms with van der Waals surface area (Å²) in [6.07, 6.45) is 3.25. The molecule has 116 valence electrons. The van der Waals surface area contributed by atoms with Crippen molar-refractivity contribution in [3.63, 3.8) is 0 Å². The Hall–Kier alpha value is -1.45. The van der Waals surface area contributed by atoms with E-state index in [4.69, 9.17) is 0 Å². The molecule has 1 heterocycles. The van der Waals surface area contributed by atoms with Crippen LogP contribution in [0.1, 0.15) is 70.6 Å². The topological polar surface area (TPSA) is 54.9 Å². The molecule has 0 spiro atoms. The van der Waals surface area contributed by atoms with Crippen molar-refractivity contribution in [2.75, 3.05) is 0 Å². The van der Waals surface area contributed by atoms with Crippen LogP contribution in [0.2, 0.25) is 0 Å². The molecule has 0 aromatic carbocycles. The second-order valence-electron chi connectivity index (χ2n) is 7.76. The molecule has 1 aromatic rings. The lowest BCUT2D eigenvalue weighted by Gasteiger charge is -2.63. The molecular formula is C17H27N3O. The first-order chi connectivity index (χ1) is 9.58. The molecule has 1 N–H and O–H groups in total. The van der Waals surface area contributed by atoms with Gasteiger partial charge in [-0.25, -0.2) is 9.97 Å². The highest BCUT2D eigenvalue weighted by Crippen LogP contribution is 2.58. The largest absolute Gasteiger partial charge is 0.348 e. The van der Waals surface area contributed by atoms with Gasteiger partial charge in [-0.2, -0.15) is 0 Å². The third-order valence-electron chi connectivity index (χ3n) is 5.45. The third kappa shape index (κ3) is 2.56. The molecule has 0 aliphatic heterocycles. The molecule has 0 radical (unpaired) electrons. The van der Waals surface area contributed by atoms with Gasteiger partial charge in [-0.05, 0) is 16.7 Å². The first-order valence-corrected chi connectivity index (χ1v) is 7.71. The maximum Gasteiger partial charge on any atom is 0.254 e. The summed E-state index contributed by atoms with van der Waals surface area (Å²) in [5.41, 5.74) is 0.751. The number of hydrogen-bond acceptors (Lipinski definition) is 3. The molecule has 21 heavy (non-hydrogen) atoms. The minimum absolute atomic E-state index is 0.0802. The van der Waals surface area contributed by atoms with Gasteiger partial charge in [0.15, 0.2) is 0 Å². The number of rotatable bonds is 3. The zero-order valence-corrected chi connectivity index (χ0v) is 14.2. The van der Waals surface area contributed by atoms with Gasteiger partial charge in [0.1, 0.15) is 5.82 Å². The Balaban J connectivity index is 2.12. The van der Waals surface area contributed by atoms with Gasteiger partial charge in [0, 0.05) is 24.4 Å². The molecule has 0 atom stereocenters. The molecule has 4 nitrogen and oxygen atoms in total. The van der Waals surface area contributed by atoms with Crippen LogP contribution in [-0.4, -0.2) is 21.9 Å². The summed E-state index contributed by atoms with van der Waals surface area (Å²) in [6, 6.07) is 0.164. The number of carbonyl (C=O) groups excluding carboxylic acids is 1. The number of hydrogen-bond donors (Lipinski definition) is 1. The predicted octanol–water partition coefficient (Wildman–Crippen LogP) is 3.40. The Labute approximate surface area is 127 Å². The maximum atomic E-state index is 12.4. The lowest BCUT2D eigenvalue weighted by molar-refractivity contribution is -0.110. The van der Waals surface area contributed by atoms with E-state index < -0.39 is 0 Å². The van der Waals surface area contributed by atoms with Crippen molar-refractivity contribution < 1.29 is 4.79 Å². The Morgan fingerprint density at radius 3 is 2.05 bits per heavy atom. The van der Waals surface area contributed by atoms with E-state index in [9.17, 15) is 4.79 Å². The highest BCUT2D eigenvalue weighted by atomic mass is 16.1. The predicted molar refractivity (Wildman–Crippen MR) is 84.1 cm³/mol. The molecule has 1 aromatic heterocycles. The highest BCUT2D eigenvalue weighted by Gasteiger charge is 2.59. The zero-order valence-electron chi connectivity index (χ0n) is 14.2. The van der Waals surface area contributed by atoms with E-state index in [-0.39, 0.29) is 28.7 Å². The van der Waals surface area contributed by atoms with Gasteiger partial charge < -0.3 is 5.32 Å². The van der Waals surface area contributed by atoms with E-state index in [1.807, 2.05) is 13.8 Å². The molecule has 1 aliphatic rings. The van der Waals surface area contributed by atoms with Crippen molar-refractivity contribution in [3.8, 4) is 0 Å². The first-order valence-electron chi connectivity index (χ1n) is 7.71. The monoisotopic (exact) mass is 289 g/mol. The van der Waals surface area contributed by atoms with Crippen LogP contribution < -0.4 is 5.32 Å². The number of amides is 1. The van der Waals surface area contributed by atoms with Gasteiger partial charge in [0.2, 0.25) is 0 Å². The summed E-state index contributed by atoms with van der Waals surface area (Å²) in [4.78, 5) is 21.0. The maximum absolute atomic E-state index is 12.4. The summed E-state index contributed by atoms with van der Waals surface area (Å²) in [5.74, 6) is 1.52. The summed E-state index contributed by atoms with van der Waals surface area (Å²) >= 11 is 0. The standard InChI is InChI=1S/C17H27N3O/c1-10(2)13-18-8-12(9-19-13)14(21)20-15-16(4,5)11(3)17(15,6)7/h8-11,15H,1-7H3,(H,20,21). The molecule has 1 amide bonds. The van der Waals surface area contributed by atoms with Crippen LogP contribution in [0.5, 0.6) is 0 Å². The average molecular weight is 289 g/mol. The highest BCUT2D eigenvalue weighted by molar-refractivity contribution is 5.94. The zero-order chi connectivity index (χ0) is 16.0. The minimum atomic E-state index is -0.0802. The number of aromatic nitrogens is 2. The van der Waals surface area contributed by atoms with Crippen LogP contribution in [0, 0.1) is 16.7 Å². The number of nitrogens with one attached hydrogen (secondary N) is 1. The summed E-state index contributed by atoms with van der Waals surface area (Å²) in [7, 11) is 0. The van der Waals surface area contributed by atoms with E-state index in [2.05, 4.69) is 49.9 Å². The molecule has 2 rings (SSSR count). The second-order valence-corrected chi connectivity index (χ2v) is 7.76. The molecular weight excluding hydrogens is 262 g/mol. The molecule has 1 saturated carbocycles. The van der Waals surface area contributed by atoms with Crippen molar-refractivity contribution in [2.45, 2.75) is 60.4 Å². The minimum Gasteiger partial charge on any atom is -0.348 e. The lowest BCUT2D eigenvalue weighted by Crippen LogP contribution is -2.69. The van der Waals surface area contributed by atoms with Gasteiger partial charge in [0.25, 0.3) is 5.91 Å². The van der Waals surface area contributed by atoms with E-state index >= 15 is 0 Å². The van der Waals surface area contributed by atoms with Crippen LogP contribution in [0.15, 0.2) is 12.4 Å². The van der Waals surface area contributed by atoms with Crippen molar-refractivity contribution >= 4 is 5.91 Å². The summed E-state index contributed by atoms with van der Waals surface area (Å²) in [6.45, 7) is 15.2. The fraction of sp³-hybridized carbons (Fsp3) is 0.706. The van der Waals surface area contributed by atoms with Crippen molar-refractivity contribution in [3.05, 3.63) is 23.8 Å². The molecule has 0 bridgehead atoms. The fourth-order valence-corrected chi connectivity index (χ4v) is 3.66. The first kappa shape index (κ1) is 15.9. The Morgan fingerprint density at radius 2 is 1.62 bits per heavy atom. The lowest BCUT2D eigenvalue weighted by atomic mass is 9.45. The number of carbonyl (C=O) groups is 1. The van der Waals surface area contributed by atoms with Crippen molar-refractivity contribution in [2.24, 2.45) is 16.7 Å². The van der Waals surface area contributed by atoms with Gasteiger partial charge >= 0.3 is 0 Å². The molecule has 1 aliphatic carbocycles. The molecule has 1 fully saturated rings. The number of nitrogens with zero attached hydrogens (tertiary/aromatic N) is 2. The van der Waals surface area contributed by atoms with Crippen LogP contribution in [0.4, 0.5) is 0 Å². The molecule has 0 unspecified atom stereocenters. The van der Waals surface area contributed by atoms with Crippen LogP contribution in [0.25, 0.3) is 0 Å². The van der Waals surface area contributed by atoms with Gasteiger partial charge in [-0.15, -0.1) is 0 Å². The Bertz CT molecular complexity index is 515. The summed E-state index contributed by atoms with van der Waals surface area (Å²) < 4.78 is 0. The van der Waals surface area contributed by atoms with E-state index in [0.717, 1.165) is 5.82 Å². The van der Waals surface area contributed by atoms with Crippen LogP contribution >= 0.6 is 0 Å². The van der Waals surface area contributed by atoms with E-state index in [1.165, 1.54) is 0 Å². The van der Waals surface area contributed by atoms with Crippen LogP contribution in [0.3, 0.4) is 0 Å². The van der Waals surface area contributed by atoms with Gasteiger partial charge in [-0.1, -0.05) is 48.5 Å². The quantitative estimate of drug-likeness (QED) is 0.928. The van der Waals surface area contributed by atoms with Crippen molar-refractivity contribution in [1.29, 1.82) is 0 Å².